The lowest BCUT2D eigenvalue weighted by atomic mass is 10.1. The molecule has 2 rings (SSSR count). The summed E-state index contributed by atoms with van der Waals surface area (Å²) in [4.78, 5) is 17.6. The lowest BCUT2D eigenvalue weighted by Gasteiger charge is -2.17. The summed E-state index contributed by atoms with van der Waals surface area (Å²) in [5.41, 5.74) is 1.86. The van der Waals surface area contributed by atoms with E-state index in [9.17, 15) is 13.2 Å². The van der Waals surface area contributed by atoms with E-state index in [1.54, 1.807) is 13.2 Å². The zero-order valence-electron chi connectivity index (χ0n) is 11.9. The molecule has 0 fully saturated rings. The number of nitrogens with one attached hydrogen (secondary N) is 1. The Morgan fingerprint density at radius 2 is 2.10 bits per heavy atom. The number of aromatic nitrogens is 1. The molecule has 0 aliphatic rings. The van der Waals surface area contributed by atoms with Crippen LogP contribution in [0.5, 0.6) is 0 Å². The van der Waals surface area contributed by atoms with Gasteiger partial charge in [-0.2, -0.15) is 0 Å². The van der Waals surface area contributed by atoms with Crippen molar-refractivity contribution in [3.63, 3.8) is 0 Å². The normalized spacial score (nSPS) is 11.5. The minimum absolute atomic E-state index is 0.232. The molecule has 2 aromatic rings. The smallest absolute Gasteiger partial charge is 0.237 e. The number of carbonyl (C=O) groups excluding carboxylic acids is 1. The second-order valence-corrected chi connectivity index (χ2v) is 6.71. The fraction of sp³-hybridized carbons (Fsp3) is 0.286. The van der Waals surface area contributed by atoms with Crippen LogP contribution in [0.1, 0.15) is 5.56 Å². The van der Waals surface area contributed by atoms with E-state index in [-0.39, 0.29) is 12.5 Å². The van der Waals surface area contributed by atoms with Crippen LogP contribution < -0.4 is 4.72 Å². The number of carbonyl (C=O) groups is 1. The molecule has 6 nitrogen and oxygen atoms in total. The molecular formula is C14H17N3O3S. The number of benzene rings is 1. The quantitative estimate of drug-likeness (QED) is 0.883. The third-order valence-corrected chi connectivity index (χ3v) is 3.67. The first-order chi connectivity index (χ1) is 9.85. The first kappa shape index (κ1) is 15.4. The lowest BCUT2D eigenvalue weighted by Crippen LogP contribution is -2.37. The van der Waals surface area contributed by atoms with E-state index in [0.717, 1.165) is 22.7 Å². The van der Waals surface area contributed by atoms with Gasteiger partial charge in [0.1, 0.15) is 0 Å². The Morgan fingerprint density at radius 3 is 2.81 bits per heavy atom. The van der Waals surface area contributed by atoms with Crippen molar-refractivity contribution in [3.8, 4) is 0 Å². The molecule has 0 bridgehead atoms. The molecule has 0 spiro atoms. The van der Waals surface area contributed by atoms with Crippen LogP contribution in [-0.4, -0.2) is 44.1 Å². The van der Waals surface area contributed by atoms with Crippen LogP contribution >= 0.6 is 0 Å². The van der Waals surface area contributed by atoms with Crippen molar-refractivity contribution < 1.29 is 13.2 Å². The standard InChI is InChI=1S/C14H17N3O3S/c1-17(14(18)9-16-21(2,19)20)10-11-5-6-13-12(8-11)4-3-7-15-13/h3-8,16H,9-10H2,1-2H3. The molecule has 1 N–H and O–H groups in total. The Kier molecular flexibility index (Phi) is 4.54. The van der Waals surface area contributed by atoms with Crippen molar-refractivity contribution in [1.29, 1.82) is 0 Å². The summed E-state index contributed by atoms with van der Waals surface area (Å²) >= 11 is 0. The predicted molar refractivity (Wildman–Crippen MR) is 81.1 cm³/mol. The third kappa shape index (κ3) is 4.51. The molecule has 21 heavy (non-hydrogen) atoms. The van der Waals surface area contributed by atoms with Gasteiger partial charge >= 0.3 is 0 Å². The van der Waals surface area contributed by atoms with Crippen LogP contribution in [0.4, 0.5) is 0 Å². The number of rotatable bonds is 5. The fourth-order valence-corrected chi connectivity index (χ4v) is 2.30. The highest BCUT2D eigenvalue weighted by Crippen LogP contribution is 2.14. The molecule has 7 heteroatoms. The predicted octanol–water partition coefficient (Wildman–Crippen LogP) is 0.742. The van der Waals surface area contributed by atoms with Crippen LogP contribution in [0, 0.1) is 0 Å². The summed E-state index contributed by atoms with van der Waals surface area (Å²) in [6, 6.07) is 9.59. The van der Waals surface area contributed by atoms with Gasteiger partial charge in [0.25, 0.3) is 0 Å². The van der Waals surface area contributed by atoms with Gasteiger partial charge in [0, 0.05) is 25.2 Å². The minimum atomic E-state index is -3.36. The third-order valence-electron chi connectivity index (χ3n) is 3.00. The van der Waals surface area contributed by atoms with E-state index >= 15 is 0 Å². The van der Waals surface area contributed by atoms with E-state index in [4.69, 9.17) is 0 Å². The molecule has 0 atom stereocenters. The number of sulfonamides is 1. The highest BCUT2D eigenvalue weighted by atomic mass is 32.2. The number of pyridine rings is 1. The molecule has 0 saturated heterocycles. The Hall–Kier alpha value is -1.99. The first-order valence-electron chi connectivity index (χ1n) is 6.37. The molecule has 0 unspecified atom stereocenters. The number of hydrogen-bond acceptors (Lipinski definition) is 4. The molecule has 1 aromatic carbocycles. The van der Waals surface area contributed by atoms with Crippen molar-refractivity contribution in [3.05, 3.63) is 42.1 Å². The van der Waals surface area contributed by atoms with E-state index in [1.165, 1.54) is 4.90 Å². The summed E-state index contributed by atoms with van der Waals surface area (Å²) in [6.07, 6.45) is 2.76. The molecule has 0 radical (unpaired) electrons. The molecule has 112 valence electrons. The van der Waals surface area contributed by atoms with E-state index < -0.39 is 10.0 Å². The molecule has 1 aromatic heterocycles. The van der Waals surface area contributed by atoms with Gasteiger partial charge in [-0.1, -0.05) is 12.1 Å². The Labute approximate surface area is 123 Å². The van der Waals surface area contributed by atoms with Gasteiger partial charge in [0.2, 0.25) is 15.9 Å². The van der Waals surface area contributed by atoms with Crippen LogP contribution in [0.2, 0.25) is 0 Å². The highest BCUT2D eigenvalue weighted by Gasteiger charge is 2.11. The molecule has 1 heterocycles. The minimum Gasteiger partial charge on any atom is -0.340 e. The zero-order valence-corrected chi connectivity index (χ0v) is 12.7. The first-order valence-corrected chi connectivity index (χ1v) is 8.26. The van der Waals surface area contributed by atoms with E-state index in [1.807, 2.05) is 30.3 Å². The van der Waals surface area contributed by atoms with Crippen molar-refractivity contribution >= 4 is 26.8 Å². The molecule has 0 aliphatic heterocycles. The monoisotopic (exact) mass is 307 g/mol. The van der Waals surface area contributed by atoms with Gasteiger partial charge in [-0.25, -0.2) is 13.1 Å². The fourth-order valence-electron chi connectivity index (χ4n) is 1.91. The molecule has 1 amide bonds. The van der Waals surface area contributed by atoms with Crippen LogP contribution in [0.3, 0.4) is 0 Å². The van der Waals surface area contributed by atoms with Gasteiger partial charge in [0.15, 0.2) is 0 Å². The summed E-state index contributed by atoms with van der Waals surface area (Å²) in [6.45, 7) is 0.180. The van der Waals surface area contributed by atoms with Crippen molar-refractivity contribution in [1.82, 2.24) is 14.6 Å². The summed E-state index contributed by atoms with van der Waals surface area (Å²) < 4.78 is 24.1. The van der Waals surface area contributed by atoms with Crippen molar-refractivity contribution in [2.45, 2.75) is 6.54 Å². The second-order valence-electron chi connectivity index (χ2n) is 4.87. The summed E-state index contributed by atoms with van der Waals surface area (Å²) in [5.74, 6) is -0.285. The summed E-state index contributed by atoms with van der Waals surface area (Å²) in [7, 11) is -1.72. The van der Waals surface area contributed by atoms with Gasteiger partial charge in [-0.15, -0.1) is 0 Å². The molecule has 0 aliphatic carbocycles. The van der Waals surface area contributed by atoms with Crippen molar-refractivity contribution in [2.75, 3.05) is 19.8 Å². The van der Waals surface area contributed by atoms with E-state index in [2.05, 4.69) is 9.71 Å². The largest absolute Gasteiger partial charge is 0.340 e. The topological polar surface area (TPSA) is 79.4 Å². The SMILES string of the molecule is CN(Cc1ccc2ncccc2c1)C(=O)CNS(C)(=O)=O. The second kappa shape index (κ2) is 6.19. The Morgan fingerprint density at radius 1 is 1.33 bits per heavy atom. The average Bonchev–Trinajstić information content (AvgIpc) is 2.43. The van der Waals surface area contributed by atoms with Gasteiger partial charge in [0.05, 0.1) is 18.3 Å². The van der Waals surface area contributed by atoms with Gasteiger partial charge in [-0.3, -0.25) is 9.78 Å². The number of amides is 1. The maximum Gasteiger partial charge on any atom is 0.237 e. The van der Waals surface area contributed by atoms with Crippen LogP contribution in [-0.2, 0) is 21.4 Å². The maximum absolute atomic E-state index is 11.8. The Bertz CT molecular complexity index is 759. The van der Waals surface area contributed by atoms with Gasteiger partial charge in [-0.05, 0) is 23.8 Å². The van der Waals surface area contributed by atoms with E-state index in [0.29, 0.717) is 6.54 Å². The zero-order chi connectivity index (χ0) is 15.5. The number of hydrogen-bond donors (Lipinski definition) is 1. The van der Waals surface area contributed by atoms with Gasteiger partial charge < -0.3 is 4.90 Å². The number of nitrogens with zero attached hydrogens (tertiary/aromatic N) is 2. The molecule has 0 saturated carbocycles. The highest BCUT2D eigenvalue weighted by molar-refractivity contribution is 7.88. The maximum atomic E-state index is 11.8. The van der Waals surface area contributed by atoms with Crippen molar-refractivity contribution in [2.24, 2.45) is 0 Å². The van der Waals surface area contributed by atoms with Crippen LogP contribution in [0.15, 0.2) is 36.5 Å². The molecular weight excluding hydrogens is 290 g/mol. The van der Waals surface area contributed by atoms with Crippen LogP contribution in [0.25, 0.3) is 10.9 Å². The number of fused-ring (bicyclic) bond motifs is 1. The Balaban J connectivity index is 2.03. The average molecular weight is 307 g/mol. The lowest BCUT2D eigenvalue weighted by molar-refractivity contribution is -0.129. The summed E-state index contributed by atoms with van der Waals surface area (Å²) in [5, 5.41) is 1.00. The number of likely N-dealkylation sites (N-methyl/N-ethyl adjacent to an activating group) is 1.